The monoisotopic (exact) mass is 403 g/mol. The second kappa shape index (κ2) is 9.20. The number of carbonyl (C=O) groups is 2. The number of benzene rings is 1. The largest absolute Gasteiger partial charge is 0.378 e. The first kappa shape index (κ1) is 20.3. The summed E-state index contributed by atoms with van der Waals surface area (Å²) in [4.78, 5) is 26.1. The zero-order chi connectivity index (χ0) is 20.1. The van der Waals surface area contributed by atoms with Crippen LogP contribution in [0.1, 0.15) is 31.1 Å². The Labute approximate surface area is 168 Å². The standard InChI is InChI=1S/C19H25N5O3S/c1-4-24-18(23-9-11-27-12-10-23)21-22-19(24)28-14(3)17(26)20-16-7-5-15(6-8-16)13(2)25/h5-8,14H,4,9-12H2,1-3H3,(H,20,26)/t14-/m1/s1. The number of carbonyl (C=O) groups excluding carboxylic acids is 2. The first-order valence-electron chi connectivity index (χ1n) is 9.34. The smallest absolute Gasteiger partial charge is 0.237 e. The van der Waals surface area contributed by atoms with Crippen LogP contribution in [0.5, 0.6) is 0 Å². The third-order valence-corrected chi connectivity index (χ3v) is 5.60. The molecule has 0 unspecified atom stereocenters. The molecule has 1 saturated heterocycles. The van der Waals surface area contributed by atoms with Crippen molar-refractivity contribution >= 4 is 35.1 Å². The van der Waals surface area contributed by atoms with Crippen molar-refractivity contribution in [3.8, 4) is 0 Å². The van der Waals surface area contributed by atoms with Crippen molar-refractivity contribution in [1.82, 2.24) is 14.8 Å². The van der Waals surface area contributed by atoms with Gasteiger partial charge in [-0.05, 0) is 45.0 Å². The number of Topliss-reactive ketones (excluding diaryl/α,β-unsaturated/α-hetero) is 1. The number of hydrogen-bond donors (Lipinski definition) is 1. The van der Waals surface area contributed by atoms with E-state index in [0.717, 1.165) is 30.7 Å². The van der Waals surface area contributed by atoms with Crippen molar-refractivity contribution in [2.75, 3.05) is 36.5 Å². The van der Waals surface area contributed by atoms with Crippen LogP contribution in [0, 0.1) is 0 Å². The molecule has 1 fully saturated rings. The molecular formula is C19H25N5O3S. The fourth-order valence-corrected chi connectivity index (χ4v) is 3.79. The lowest BCUT2D eigenvalue weighted by Gasteiger charge is -2.27. The molecule has 1 aromatic heterocycles. The number of nitrogens with one attached hydrogen (secondary N) is 1. The van der Waals surface area contributed by atoms with Crippen molar-refractivity contribution in [2.24, 2.45) is 0 Å². The molecule has 1 aromatic carbocycles. The van der Waals surface area contributed by atoms with Gasteiger partial charge in [0.1, 0.15) is 0 Å². The summed E-state index contributed by atoms with van der Waals surface area (Å²) >= 11 is 1.38. The fourth-order valence-electron chi connectivity index (χ4n) is 2.89. The molecule has 0 aliphatic carbocycles. The third-order valence-electron chi connectivity index (χ3n) is 4.52. The fraction of sp³-hybridized carbons (Fsp3) is 0.474. The van der Waals surface area contributed by atoms with Gasteiger partial charge in [-0.1, -0.05) is 11.8 Å². The Morgan fingerprint density at radius 3 is 2.50 bits per heavy atom. The second-order valence-corrected chi connectivity index (χ2v) is 7.82. The van der Waals surface area contributed by atoms with Crippen LogP contribution >= 0.6 is 11.8 Å². The predicted molar refractivity (Wildman–Crippen MR) is 109 cm³/mol. The highest BCUT2D eigenvalue weighted by Gasteiger charge is 2.23. The topological polar surface area (TPSA) is 89.3 Å². The van der Waals surface area contributed by atoms with Crippen molar-refractivity contribution in [3.05, 3.63) is 29.8 Å². The number of nitrogens with zero attached hydrogens (tertiary/aromatic N) is 4. The van der Waals surface area contributed by atoms with E-state index in [-0.39, 0.29) is 16.9 Å². The van der Waals surface area contributed by atoms with Crippen molar-refractivity contribution in [1.29, 1.82) is 0 Å². The molecule has 8 nitrogen and oxygen atoms in total. The maximum Gasteiger partial charge on any atom is 0.237 e. The molecule has 1 atom stereocenters. The van der Waals surface area contributed by atoms with Crippen molar-refractivity contribution in [3.63, 3.8) is 0 Å². The maximum atomic E-state index is 12.6. The number of anilines is 2. The molecule has 3 rings (SSSR count). The van der Waals surface area contributed by atoms with E-state index in [9.17, 15) is 9.59 Å². The summed E-state index contributed by atoms with van der Waals surface area (Å²) in [5, 5.41) is 11.9. The van der Waals surface area contributed by atoms with Crippen LogP contribution in [0.3, 0.4) is 0 Å². The van der Waals surface area contributed by atoms with Gasteiger partial charge in [-0.3, -0.25) is 14.2 Å². The van der Waals surface area contributed by atoms with Crippen LogP contribution in [0.4, 0.5) is 11.6 Å². The Kier molecular flexibility index (Phi) is 6.69. The lowest BCUT2D eigenvalue weighted by Crippen LogP contribution is -2.38. The highest BCUT2D eigenvalue weighted by molar-refractivity contribution is 8.00. The average molecular weight is 404 g/mol. The van der Waals surface area contributed by atoms with Gasteiger partial charge in [-0.2, -0.15) is 0 Å². The number of hydrogen-bond acceptors (Lipinski definition) is 7. The Balaban J connectivity index is 1.64. The molecule has 2 aromatic rings. The number of morpholine rings is 1. The van der Waals surface area contributed by atoms with Gasteiger partial charge in [-0.15, -0.1) is 10.2 Å². The maximum absolute atomic E-state index is 12.6. The van der Waals surface area contributed by atoms with E-state index < -0.39 is 0 Å². The van der Waals surface area contributed by atoms with E-state index in [1.165, 1.54) is 18.7 Å². The van der Waals surface area contributed by atoms with E-state index in [2.05, 4.69) is 20.4 Å². The van der Waals surface area contributed by atoms with Gasteiger partial charge in [0, 0.05) is 30.9 Å². The first-order valence-corrected chi connectivity index (χ1v) is 10.2. The summed E-state index contributed by atoms with van der Waals surface area (Å²) in [6.45, 7) is 9.06. The van der Waals surface area contributed by atoms with Crippen LogP contribution in [-0.2, 0) is 16.1 Å². The summed E-state index contributed by atoms with van der Waals surface area (Å²) in [5.41, 5.74) is 1.28. The lowest BCUT2D eigenvalue weighted by molar-refractivity contribution is -0.115. The van der Waals surface area contributed by atoms with Crippen molar-refractivity contribution in [2.45, 2.75) is 37.7 Å². The third kappa shape index (κ3) is 4.71. The van der Waals surface area contributed by atoms with Gasteiger partial charge < -0.3 is 15.0 Å². The van der Waals surface area contributed by atoms with Gasteiger partial charge in [0.05, 0.1) is 18.5 Å². The Morgan fingerprint density at radius 1 is 1.21 bits per heavy atom. The van der Waals surface area contributed by atoms with E-state index in [4.69, 9.17) is 4.74 Å². The Morgan fingerprint density at radius 2 is 1.89 bits per heavy atom. The number of amides is 1. The van der Waals surface area contributed by atoms with E-state index >= 15 is 0 Å². The summed E-state index contributed by atoms with van der Waals surface area (Å²) in [6, 6.07) is 6.88. The number of rotatable bonds is 7. The molecule has 9 heteroatoms. The van der Waals surface area contributed by atoms with Crippen LogP contribution in [0.2, 0.25) is 0 Å². The molecule has 0 bridgehead atoms. The molecule has 1 amide bonds. The molecule has 28 heavy (non-hydrogen) atoms. The average Bonchev–Trinajstić information content (AvgIpc) is 3.11. The zero-order valence-electron chi connectivity index (χ0n) is 16.3. The van der Waals surface area contributed by atoms with Gasteiger partial charge >= 0.3 is 0 Å². The Bertz CT molecular complexity index is 831. The first-order chi connectivity index (χ1) is 13.5. The minimum atomic E-state index is -0.348. The molecule has 0 spiro atoms. The summed E-state index contributed by atoms with van der Waals surface area (Å²) in [5.74, 6) is 0.691. The van der Waals surface area contributed by atoms with Crippen LogP contribution in [0.15, 0.2) is 29.4 Å². The molecule has 2 heterocycles. The predicted octanol–water partition coefficient (Wildman–Crippen LogP) is 2.46. The molecule has 0 saturated carbocycles. The zero-order valence-corrected chi connectivity index (χ0v) is 17.2. The molecular weight excluding hydrogens is 378 g/mol. The van der Waals surface area contributed by atoms with E-state index in [0.29, 0.717) is 24.5 Å². The molecule has 150 valence electrons. The Hall–Kier alpha value is -2.39. The van der Waals surface area contributed by atoms with Crippen LogP contribution in [-0.4, -0.2) is 58.0 Å². The normalized spacial score (nSPS) is 15.3. The summed E-state index contributed by atoms with van der Waals surface area (Å²) in [7, 11) is 0. The van der Waals surface area contributed by atoms with Crippen LogP contribution < -0.4 is 10.2 Å². The van der Waals surface area contributed by atoms with Crippen LogP contribution in [0.25, 0.3) is 0 Å². The minimum Gasteiger partial charge on any atom is -0.378 e. The summed E-state index contributed by atoms with van der Waals surface area (Å²) < 4.78 is 7.43. The van der Waals surface area contributed by atoms with Gasteiger partial charge in [-0.25, -0.2) is 0 Å². The van der Waals surface area contributed by atoms with Crippen molar-refractivity contribution < 1.29 is 14.3 Å². The lowest BCUT2D eigenvalue weighted by atomic mass is 10.1. The molecule has 1 aliphatic rings. The highest BCUT2D eigenvalue weighted by atomic mass is 32.2. The molecule has 1 N–H and O–H groups in total. The summed E-state index contributed by atoms with van der Waals surface area (Å²) in [6.07, 6.45) is 0. The molecule has 0 radical (unpaired) electrons. The second-order valence-electron chi connectivity index (χ2n) is 6.51. The quantitative estimate of drug-likeness (QED) is 0.561. The number of ether oxygens (including phenoxy) is 1. The molecule has 1 aliphatic heterocycles. The number of thioether (sulfide) groups is 1. The van der Waals surface area contributed by atoms with E-state index in [1.54, 1.807) is 24.3 Å². The number of aromatic nitrogens is 3. The SMILES string of the molecule is CCn1c(S[C@H](C)C(=O)Nc2ccc(C(C)=O)cc2)nnc1N1CCOCC1. The highest BCUT2D eigenvalue weighted by Crippen LogP contribution is 2.26. The minimum absolute atomic E-state index is 0.00299. The van der Waals surface area contributed by atoms with Gasteiger partial charge in [0.2, 0.25) is 11.9 Å². The number of ketones is 1. The van der Waals surface area contributed by atoms with E-state index in [1.807, 2.05) is 18.4 Å². The van der Waals surface area contributed by atoms with Gasteiger partial charge in [0.15, 0.2) is 10.9 Å². The van der Waals surface area contributed by atoms with Gasteiger partial charge in [0.25, 0.3) is 0 Å².